The van der Waals surface area contributed by atoms with E-state index in [9.17, 15) is 19.0 Å². The number of ether oxygens (including phenoxy) is 1. The molecule has 0 aromatic heterocycles. The van der Waals surface area contributed by atoms with Crippen molar-refractivity contribution in [1.29, 1.82) is 0 Å². The summed E-state index contributed by atoms with van der Waals surface area (Å²) in [7, 11) is 1.16. The van der Waals surface area contributed by atoms with Crippen LogP contribution in [0.25, 0.3) is 0 Å². The number of carbonyl (C=O) groups excluding carboxylic acids is 2. The number of phosphoric ester groups is 1. The minimum atomic E-state index is -4.70. The minimum Gasteiger partial charge on any atom is -0.756 e. The van der Waals surface area contributed by atoms with E-state index < -0.39 is 26.6 Å². The number of hydrogen-bond donors (Lipinski definition) is 1. The van der Waals surface area contributed by atoms with Crippen LogP contribution in [0.15, 0.2) is 72.9 Å². The lowest BCUT2D eigenvalue weighted by atomic mass is 10.0. The first kappa shape index (κ1) is 64.5. The molecule has 0 aromatic rings. The maximum absolute atomic E-state index is 13.4. The maximum atomic E-state index is 13.4. The lowest BCUT2D eigenvalue weighted by molar-refractivity contribution is -0.870. The molecular weight excluding hydrogens is 856 g/mol. The van der Waals surface area contributed by atoms with Crippen LogP contribution in [0, 0.1) is 0 Å². The van der Waals surface area contributed by atoms with Crippen molar-refractivity contribution < 1.29 is 37.3 Å². The van der Waals surface area contributed by atoms with Crippen LogP contribution in [0.3, 0.4) is 0 Å². The number of phosphoric acid groups is 1. The Morgan fingerprint density at radius 2 is 0.955 bits per heavy atom. The first-order valence-electron chi connectivity index (χ1n) is 27.2. The minimum absolute atomic E-state index is 0.0295. The average Bonchev–Trinajstić information content (AvgIpc) is 3.28. The number of nitrogens with zero attached hydrogens (tertiary/aromatic N) is 1. The highest BCUT2D eigenvalue weighted by atomic mass is 31.2. The van der Waals surface area contributed by atoms with E-state index in [1.165, 1.54) is 96.3 Å². The van der Waals surface area contributed by atoms with Crippen molar-refractivity contribution in [1.82, 2.24) is 5.32 Å². The zero-order valence-electron chi connectivity index (χ0n) is 44.1. The number of allylic oxidation sites excluding steroid dienone is 11. The van der Waals surface area contributed by atoms with Crippen molar-refractivity contribution >= 4 is 19.7 Å². The molecule has 9 nitrogen and oxygen atoms in total. The Hall–Kier alpha value is -2.55. The second kappa shape index (κ2) is 47.1. The highest BCUT2D eigenvalue weighted by Crippen LogP contribution is 2.38. The zero-order chi connectivity index (χ0) is 49.4. The molecule has 0 fully saturated rings. The number of unbranched alkanes of at least 4 members (excludes halogenated alkanes) is 22. The Kier molecular flexibility index (Phi) is 45.3. The largest absolute Gasteiger partial charge is 0.756 e. The Balaban J connectivity index is 5.39. The molecule has 3 atom stereocenters. The third kappa shape index (κ3) is 48.3. The van der Waals surface area contributed by atoms with Gasteiger partial charge in [0.05, 0.1) is 33.8 Å². The third-order valence-electron chi connectivity index (χ3n) is 11.7. The van der Waals surface area contributed by atoms with Gasteiger partial charge in [-0.3, -0.25) is 14.2 Å². The molecule has 67 heavy (non-hydrogen) atoms. The van der Waals surface area contributed by atoms with Crippen molar-refractivity contribution in [3.8, 4) is 0 Å². The van der Waals surface area contributed by atoms with Gasteiger partial charge in [0.2, 0.25) is 5.91 Å². The van der Waals surface area contributed by atoms with Gasteiger partial charge in [-0.1, -0.05) is 210 Å². The van der Waals surface area contributed by atoms with Crippen LogP contribution in [0.5, 0.6) is 0 Å². The molecule has 3 unspecified atom stereocenters. The van der Waals surface area contributed by atoms with Crippen molar-refractivity contribution in [2.75, 3.05) is 40.9 Å². The fourth-order valence-electron chi connectivity index (χ4n) is 7.43. The highest BCUT2D eigenvalue weighted by Gasteiger charge is 2.27. The second-order valence-corrected chi connectivity index (χ2v) is 20.8. The van der Waals surface area contributed by atoms with Gasteiger partial charge in [0.25, 0.3) is 7.82 Å². The topological polar surface area (TPSA) is 114 Å². The molecule has 0 aliphatic heterocycles. The molecule has 0 aliphatic rings. The van der Waals surface area contributed by atoms with Gasteiger partial charge in [-0.15, -0.1) is 0 Å². The summed E-state index contributed by atoms with van der Waals surface area (Å²) in [5.74, 6) is -0.582. The predicted octanol–water partition coefficient (Wildman–Crippen LogP) is 15.5. The molecule has 0 aromatic carbocycles. The molecule has 0 spiro atoms. The zero-order valence-corrected chi connectivity index (χ0v) is 45.0. The Morgan fingerprint density at radius 1 is 0.537 bits per heavy atom. The van der Waals surface area contributed by atoms with E-state index in [-0.39, 0.29) is 24.9 Å². The Labute approximate surface area is 413 Å². The molecule has 388 valence electrons. The van der Waals surface area contributed by atoms with E-state index in [1.807, 2.05) is 33.3 Å². The molecule has 0 saturated heterocycles. The van der Waals surface area contributed by atoms with Crippen LogP contribution in [0.1, 0.15) is 226 Å². The standard InChI is InChI=1S/C57H103N2O7P/c1-7-10-13-16-19-22-25-26-27-28-29-30-31-32-35-38-41-44-47-50-57(61)66-55(48-45-42-39-36-33-23-20-17-14-11-8-2)54(53-65-67(62,63)64-52-51-59(4,5)6)58-56(60)49-46-43-40-37-34-24-21-18-15-12-9-3/h10,13,19,22,26-27,29-30,32,35,45,48,54-55H,7-9,11-12,14-18,20-21,23-25,28,31,33-34,36-44,46-47,49-53H2,1-6H3,(H-,58,60,62,63)/b13-10-,22-19-,27-26-,30-29-,35-32-,48-45+. The van der Waals surface area contributed by atoms with E-state index in [2.05, 4.69) is 86.8 Å². The summed E-state index contributed by atoms with van der Waals surface area (Å²) in [6, 6.07) is -0.900. The molecule has 0 saturated carbocycles. The number of hydrogen-bond acceptors (Lipinski definition) is 7. The van der Waals surface area contributed by atoms with Crippen LogP contribution >= 0.6 is 7.82 Å². The number of likely N-dealkylation sites (N-methyl/N-ethyl adjacent to an activating group) is 1. The number of esters is 1. The SMILES string of the molecule is CC/C=C\C/C=C\C/C=C\C/C=C\C/C=C\CCCCCC(=O)OC(/C=C/CCCCCCCCCCC)C(COP(=O)([O-])OCC[N+](C)(C)C)NC(=O)CCCCCCCCCCCCC. The highest BCUT2D eigenvalue weighted by molar-refractivity contribution is 7.45. The van der Waals surface area contributed by atoms with E-state index in [0.29, 0.717) is 23.9 Å². The van der Waals surface area contributed by atoms with Gasteiger partial charge in [-0.25, -0.2) is 0 Å². The predicted molar refractivity (Wildman–Crippen MR) is 284 cm³/mol. The van der Waals surface area contributed by atoms with Crippen molar-refractivity contribution in [2.24, 2.45) is 0 Å². The summed E-state index contributed by atoms with van der Waals surface area (Å²) >= 11 is 0. The van der Waals surface area contributed by atoms with Gasteiger partial charge >= 0.3 is 5.97 Å². The Morgan fingerprint density at radius 3 is 1.45 bits per heavy atom. The van der Waals surface area contributed by atoms with E-state index in [0.717, 1.165) is 89.9 Å². The van der Waals surface area contributed by atoms with E-state index in [4.69, 9.17) is 13.8 Å². The summed E-state index contributed by atoms with van der Waals surface area (Å²) in [6.07, 6.45) is 58.7. The second-order valence-electron chi connectivity index (χ2n) is 19.4. The molecule has 1 N–H and O–H groups in total. The van der Waals surface area contributed by atoms with Gasteiger partial charge < -0.3 is 28.5 Å². The maximum Gasteiger partial charge on any atom is 0.306 e. The van der Waals surface area contributed by atoms with Gasteiger partial charge in [-0.05, 0) is 76.7 Å². The number of amides is 1. The normalized spacial score (nSPS) is 14.4. The van der Waals surface area contributed by atoms with Gasteiger partial charge in [-0.2, -0.15) is 0 Å². The lowest BCUT2D eigenvalue weighted by Crippen LogP contribution is -2.47. The molecule has 0 radical (unpaired) electrons. The molecule has 0 heterocycles. The summed E-state index contributed by atoms with van der Waals surface area (Å²) in [6.45, 7) is 6.67. The third-order valence-corrected chi connectivity index (χ3v) is 12.6. The first-order chi connectivity index (χ1) is 32.4. The average molecular weight is 959 g/mol. The van der Waals surface area contributed by atoms with Crippen LogP contribution in [-0.2, 0) is 27.9 Å². The first-order valence-corrected chi connectivity index (χ1v) is 28.7. The monoisotopic (exact) mass is 959 g/mol. The van der Waals surface area contributed by atoms with Crippen molar-refractivity contribution in [2.45, 2.75) is 238 Å². The summed E-state index contributed by atoms with van der Waals surface area (Å²) in [5, 5.41) is 3.00. The van der Waals surface area contributed by atoms with Crippen molar-refractivity contribution in [3.05, 3.63) is 72.9 Å². The van der Waals surface area contributed by atoms with E-state index in [1.54, 1.807) is 0 Å². The fraction of sp³-hybridized carbons (Fsp3) is 0.754. The molecule has 0 bridgehead atoms. The smallest absolute Gasteiger partial charge is 0.306 e. The summed E-state index contributed by atoms with van der Waals surface area (Å²) in [5.41, 5.74) is 0. The molecule has 10 heteroatoms. The fourth-order valence-corrected chi connectivity index (χ4v) is 8.15. The van der Waals surface area contributed by atoms with Crippen molar-refractivity contribution in [3.63, 3.8) is 0 Å². The quantitative estimate of drug-likeness (QED) is 0.0212. The lowest BCUT2D eigenvalue weighted by Gasteiger charge is -2.30. The van der Waals surface area contributed by atoms with Gasteiger partial charge in [0, 0.05) is 12.8 Å². The number of nitrogens with one attached hydrogen (secondary N) is 1. The summed E-state index contributed by atoms with van der Waals surface area (Å²) < 4.78 is 30.1. The van der Waals surface area contributed by atoms with E-state index >= 15 is 0 Å². The van der Waals surface area contributed by atoms with Gasteiger partial charge in [0.1, 0.15) is 19.3 Å². The number of quaternary nitrogens is 1. The van der Waals surface area contributed by atoms with Crippen LogP contribution < -0.4 is 10.2 Å². The molecule has 0 aliphatic carbocycles. The van der Waals surface area contributed by atoms with Crippen LogP contribution in [-0.4, -0.2) is 69.4 Å². The van der Waals surface area contributed by atoms with Gasteiger partial charge in [0.15, 0.2) is 0 Å². The molecule has 1 amide bonds. The molecule has 0 rings (SSSR count). The van der Waals surface area contributed by atoms with Crippen LogP contribution in [0.4, 0.5) is 0 Å². The number of rotatable bonds is 48. The molecular formula is C57H103N2O7P. The number of carbonyl (C=O) groups is 2. The van der Waals surface area contributed by atoms with Crippen LogP contribution in [0.2, 0.25) is 0 Å². The Bertz CT molecular complexity index is 1380. The summed E-state index contributed by atoms with van der Waals surface area (Å²) in [4.78, 5) is 39.7.